The topological polar surface area (TPSA) is 64.7 Å². The molecule has 0 bridgehead atoms. The number of unbranched alkanes of at least 4 members (excludes halogenated alkanes) is 5. The second-order valence-corrected chi connectivity index (χ2v) is 6.31. The van der Waals surface area contributed by atoms with Crippen LogP contribution >= 0.6 is 0 Å². The number of ether oxygens (including phenoxy) is 1. The largest absolute Gasteiger partial charge is 0.494 e. The van der Waals surface area contributed by atoms with Gasteiger partial charge in [0.05, 0.1) is 6.61 Å². The van der Waals surface area contributed by atoms with E-state index in [0.717, 1.165) is 17.7 Å². The molecule has 2 aromatic carbocycles. The molecule has 0 unspecified atom stereocenters. The molecular weight excluding hydrogens is 324 g/mol. The van der Waals surface area contributed by atoms with E-state index in [1.807, 2.05) is 30.3 Å². The first kappa shape index (κ1) is 19.7. The van der Waals surface area contributed by atoms with Crippen molar-refractivity contribution in [1.82, 2.24) is 0 Å². The lowest BCUT2D eigenvalue weighted by molar-refractivity contribution is 0.100. The average Bonchev–Trinajstić information content (AvgIpc) is 2.68. The lowest BCUT2D eigenvalue weighted by Gasteiger charge is -2.06. The first-order valence-electron chi connectivity index (χ1n) is 9.37. The molecule has 4 heteroatoms. The Morgan fingerprint density at radius 2 is 1.54 bits per heavy atom. The van der Waals surface area contributed by atoms with Gasteiger partial charge in [0.1, 0.15) is 11.6 Å². The van der Waals surface area contributed by atoms with Gasteiger partial charge in [-0.25, -0.2) is 0 Å². The predicted octanol–water partition coefficient (Wildman–Crippen LogP) is 4.97. The Kier molecular flexibility index (Phi) is 8.40. The highest BCUT2D eigenvalue weighted by Crippen LogP contribution is 2.14. The number of carbonyl (C=O) groups excluding carboxylic acids is 1. The molecule has 2 rings (SSSR count). The maximum atomic E-state index is 12.2. The van der Waals surface area contributed by atoms with Crippen LogP contribution in [0.5, 0.6) is 5.75 Å². The number of rotatable bonds is 10. The lowest BCUT2D eigenvalue weighted by Crippen LogP contribution is -2.15. The van der Waals surface area contributed by atoms with Gasteiger partial charge in [0, 0.05) is 11.1 Å². The van der Waals surface area contributed by atoms with E-state index >= 15 is 0 Å². The predicted molar refractivity (Wildman–Crippen MR) is 107 cm³/mol. The molecule has 4 nitrogen and oxygen atoms in total. The third-order valence-corrected chi connectivity index (χ3v) is 4.16. The first-order valence-corrected chi connectivity index (χ1v) is 9.37. The van der Waals surface area contributed by atoms with Gasteiger partial charge in [-0.3, -0.25) is 4.79 Å². The molecule has 2 aromatic rings. The maximum Gasteiger partial charge on any atom is 0.278 e. The van der Waals surface area contributed by atoms with Crippen molar-refractivity contribution in [2.45, 2.75) is 45.4 Å². The molecule has 0 radical (unpaired) electrons. The monoisotopic (exact) mass is 352 g/mol. The lowest BCUT2D eigenvalue weighted by atomic mass is 10.1. The van der Waals surface area contributed by atoms with Gasteiger partial charge < -0.3 is 10.5 Å². The van der Waals surface area contributed by atoms with Crippen LogP contribution in [0.1, 0.15) is 61.4 Å². The van der Waals surface area contributed by atoms with Crippen LogP contribution in [0.4, 0.5) is 0 Å². The smallest absolute Gasteiger partial charge is 0.278 e. The van der Waals surface area contributed by atoms with E-state index in [4.69, 9.17) is 10.5 Å². The summed E-state index contributed by atoms with van der Waals surface area (Å²) in [6.07, 6.45) is 7.41. The number of amides is 1. The van der Waals surface area contributed by atoms with Crippen molar-refractivity contribution in [2.75, 3.05) is 6.61 Å². The molecule has 0 heterocycles. The third kappa shape index (κ3) is 6.71. The maximum absolute atomic E-state index is 12.2. The van der Waals surface area contributed by atoms with E-state index in [2.05, 4.69) is 11.9 Å². The highest BCUT2D eigenvalue weighted by molar-refractivity contribution is 6.08. The number of nitrogens with two attached hydrogens (primary N) is 1. The highest BCUT2D eigenvalue weighted by Gasteiger charge is 2.06. The Balaban J connectivity index is 1.80. The molecule has 0 aliphatic rings. The Hall–Kier alpha value is -2.62. The second-order valence-electron chi connectivity index (χ2n) is 6.31. The van der Waals surface area contributed by atoms with Gasteiger partial charge in [0.2, 0.25) is 0 Å². The molecule has 1 amide bonds. The minimum atomic E-state index is -0.353. The van der Waals surface area contributed by atoms with Crippen molar-refractivity contribution in [3.63, 3.8) is 0 Å². The Morgan fingerprint density at radius 1 is 0.885 bits per heavy atom. The SMILES string of the molecule is CCCCCCCCOc1ccc(C(=O)N=C(N)c2ccccc2)cc1. The van der Waals surface area contributed by atoms with E-state index in [1.54, 1.807) is 24.3 Å². The summed E-state index contributed by atoms with van der Waals surface area (Å²) < 4.78 is 5.73. The Morgan fingerprint density at radius 3 is 2.23 bits per heavy atom. The molecule has 0 saturated heterocycles. The standard InChI is InChI=1S/C22H28N2O2/c1-2-3-4-5-6-10-17-26-20-15-13-19(14-16-20)22(25)24-21(23)18-11-8-7-9-12-18/h7-9,11-16H,2-6,10,17H2,1H3,(H2,23,24,25). The van der Waals surface area contributed by atoms with Crippen molar-refractivity contribution in [2.24, 2.45) is 10.7 Å². The summed E-state index contributed by atoms with van der Waals surface area (Å²) in [6.45, 7) is 2.93. The van der Waals surface area contributed by atoms with Crippen LogP contribution in [0, 0.1) is 0 Å². The number of nitrogens with zero attached hydrogens (tertiary/aromatic N) is 1. The summed E-state index contributed by atoms with van der Waals surface area (Å²) in [5, 5.41) is 0. The fourth-order valence-electron chi connectivity index (χ4n) is 2.61. The number of benzene rings is 2. The van der Waals surface area contributed by atoms with Gasteiger partial charge in [-0.1, -0.05) is 69.4 Å². The van der Waals surface area contributed by atoms with Crippen LogP contribution in [0.3, 0.4) is 0 Å². The number of amidine groups is 1. The van der Waals surface area contributed by atoms with Gasteiger partial charge in [0.25, 0.3) is 5.91 Å². The van der Waals surface area contributed by atoms with E-state index in [0.29, 0.717) is 12.2 Å². The van der Waals surface area contributed by atoms with Crippen LogP contribution in [0.15, 0.2) is 59.6 Å². The molecule has 0 atom stereocenters. The van der Waals surface area contributed by atoms with Crippen LogP contribution in [-0.4, -0.2) is 18.3 Å². The van der Waals surface area contributed by atoms with E-state index < -0.39 is 0 Å². The van der Waals surface area contributed by atoms with Gasteiger partial charge in [-0.15, -0.1) is 0 Å². The first-order chi connectivity index (χ1) is 12.7. The van der Waals surface area contributed by atoms with Gasteiger partial charge in [-0.05, 0) is 30.7 Å². The molecule has 0 aliphatic heterocycles. The van der Waals surface area contributed by atoms with E-state index in [1.165, 1.54) is 32.1 Å². The quantitative estimate of drug-likeness (QED) is 0.373. The summed E-state index contributed by atoms with van der Waals surface area (Å²) in [6, 6.07) is 16.3. The Bertz CT molecular complexity index is 694. The molecule has 26 heavy (non-hydrogen) atoms. The van der Waals surface area contributed by atoms with Crippen molar-refractivity contribution < 1.29 is 9.53 Å². The minimum Gasteiger partial charge on any atom is -0.494 e. The summed E-state index contributed by atoms with van der Waals surface area (Å²) in [5.41, 5.74) is 7.12. The van der Waals surface area contributed by atoms with Crippen LogP contribution in [-0.2, 0) is 0 Å². The highest BCUT2D eigenvalue weighted by atomic mass is 16.5. The summed E-state index contributed by atoms with van der Waals surface area (Å²) in [5.74, 6) is 0.642. The molecule has 0 spiro atoms. The molecule has 138 valence electrons. The summed E-state index contributed by atoms with van der Waals surface area (Å²) >= 11 is 0. The van der Waals surface area contributed by atoms with Gasteiger partial charge in [0.15, 0.2) is 0 Å². The van der Waals surface area contributed by atoms with Gasteiger partial charge in [-0.2, -0.15) is 4.99 Å². The summed E-state index contributed by atoms with van der Waals surface area (Å²) in [7, 11) is 0. The van der Waals surface area contributed by atoms with E-state index in [9.17, 15) is 4.79 Å². The summed E-state index contributed by atoms with van der Waals surface area (Å²) in [4.78, 5) is 16.2. The van der Waals surface area contributed by atoms with Crippen LogP contribution in [0.2, 0.25) is 0 Å². The average molecular weight is 352 g/mol. The zero-order valence-corrected chi connectivity index (χ0v) is 15.5. The minimum absolute atomic E-state index is 0.221. The number of hydrogen-bond donors (Lipinski definition) is 1. The molecule has 2 N–H and O–H groups in total. The molecule has 0 saturated carbocycles. The van der Waals surface area contributed by atoms with E-state index in [-0.39, 0.29) is 11.7 Å². The van der Waals surface area contributed by atoms with Crippen LogP contribution in [0.25, 0.3) is 0 Å². The molecular formula is C22H28N2O2. The number of aliphatic imine (C=N–C) groups is 1. The molecule has 0 aromatic heterocycles. The third-order valence-electron chi connectivity index (χ3n) is 4.16. The van der Waals surface area contributed by atoms with Crippen molar-refractivity contribution in [3.05, 3.63) is 65.7 Å². The normalized spacial score (nSPS) is 11.3. The van der Waals surface area contributed by atoms with Crippen molar-refractivity contribution in [1.29, 1.82) is 0 Å². The zero-order valence-electron chi connectivity index (χ0n) is 15.5. The van der Waals surface area contributed by atoms with Gasteiger partial charge >= 0.3 is 0 Å². The fraction of sp³-hybridized carbons (Fsp3) is 0.364. The van der Waals surface area contributed by atoms with Crippen molar-refractivity contribution in [3.8, 4) is 5.75 Å². The molecule has 0 aliphatic carbocycles. The Labute approximate surface area is 156 Å². The molecule has 0 fully saturated rings. The van der Waals surface area contributed by atoms with Crippen molar-refractivity contribution >= 4 is 11.7 Å². The fourth-order valence-corrected chi connectivity index (χ4v) is 2.61. The van der Waals surface area contributed by atoms with Crippen LogP contribution < -0.4 is 10.5 Å². The zero-order chi connectivity index (χ0) is 18.6. The number of hydrogen-bond acceptors (Lipinski definition) is 2. The number of carbonyl (C=O) groups is 1. The second kappa shape index (κ2) is 11.1.